The van der Waals surface area contributed by atoms with Crippen molar-refractivity contribution >= 4 is 6.09 Å². The number of fused-ring (bicyclic) bond motifs is 1. The number of hydrogen-bond donors (Lipinski definition) is 0. The molecule has 1 unspecified atom stereocenters. The van der Waals surface area contributed by atoms with Gasteiger partial charge in [0.1, 0.15) is 6.10 Å². The molecule has 3 nitrogen and oxygen atoms in total. The quantitative estimate of drug-likeness (QED) is 0.681. The van der Waals surface area contributed by atoms with Crippen molar-refractivity contribution in [2.75, 3.05) is 6.54 Å². The smallest absolute Gasteiger partial charge is 0.414 e. The van der Waals surface area contributed by atoms with E-state index in [-0.39, 0.29) is 17.6 Å². The molecule has 1 aliphatic heterocycles. The van der Waals surface area contributed by atoms with E-state index in [9.17, 15) is 4.79 Å². The standard InChI is InChI=1S/C13H19NO2/c1-13-7-8-14(11(13)9-13)12(15)16-10-5-3-2-4-6-10/h9-10H,2-8H2,1H3. The second-order valence-electron chi connectivity index (χ2n) is 5.49. The Morgan fingerprint density at radius 2 is 2.19 bits per heavy atom. The number of nitrogens with zero attached hydrogens (tertiary/aromatic N) is 1. The van der Waals surface area contributed by atoms with Gasteiger partial charge in [-0.25, -0.2) is 4.79 Å². The van der Waals surface area contributed by atoms with E-state index in [0.717, 1.165) is 25.8 Å². The number of amides is 1. The van der Waals surface area contributed by atoms with Gasteiger partial charge in [0, 0.05) is 17.7 Å². The molecule has 1 saturated heterocycles. The third kappa shape index (κ3) is 1.62. The van der Waals surface area contributed by atoms with Crippen LogP contribution < -0.4 is 0 Å². The largest absolute Gasteiger partial charge is 0.446 e. The highest BCUT2D eigenvalue weighted by Gasteiger charge is 2.50. The Morgan fingerprint density at radius 1 is 1.44 bits per heavy atom. The fraction of sp³-hybridized carbons (Fsp3) is 0.769. The Labute approximate surface area is 96.4 Å². The molecule has 1 atom stereocenters. The van der Waals surface area contributed by atoms with Crippen molar-refractivity contribution in [1.82, 2.24) is 4.90 Å². The molecule has 88 valence electrons. The summed E-state index contributed by atoms with van der Waals surface area (Å²) in [5.74, 6) is 0. The van der Waals surface area contributed by atoms with E-state index in [0.29, 0.717) is 0 Å². The molecule has 0 bridgehead atoms. The number of carbonyl (C=O) groups excluding carboxylic acids is 1. The highest BCUT2D eigenvalue weighted by molar-refractivity contribution is 5.73. The van der Waals surface area contributed by atoms with Crippen LogP contribution in [-0.4, -0.2) is 23.6 Å². The first-order chi connectivity index (χ1) is 7.69. The van der Waals surface area contributed by atoms with Crippen LogP contribution in [0.5, 0.6) is 0 Å². The molecule has 2 fully saturated rings. The van der Waals surface area contributed by atoms with E-state index < -0.39 is 0 Å². The summed E-state index contributed by atoms with van der Waals surface area (Å²) in [6.45, 7) is 3.03. The zero-order valence-electron chi connectivity index (χ0n) is 9.87. The molecule has 1 amide bonds. The minimum absolute atomic E-state index is 0.112. The number of likely N-dealkylation sites (tertiary alicyclic amines) is 1. The Bertz CT molecular complexity index is 344. The lowest BCUT2D eigenvalue weighted by atomic mass is 9.98. The first kappa shape index (κ1) is 10.2. The third-order valence-corrected chi connectivity index (χ3v) is 4.14. The predicted molar refractivity (Wildman–Crippen MR) is 60.9 cm³/mol. The van der Waals surface area contributed by atoms with Gasteiger partial charge in [-0.1, -0.05) is 19.4 Å². The third-order valence-electron chi connectivity index (χ3n) is 4.14. The predicted octanol–water partition coefficient (Wildman–Crippen LogP) is 3.07. The Morgan fingerprint density at radius 3 is 2.75 bits per heavy atom. The topological polar surface area (TPSA) is 29.5 Å². The van der Waals surface area contributed by atoms with Crippen LogP contribution in [0.2, 0.25) is 0 Å². The Kier molecular flexibility index (Phi) is 2.23. The molecule has 0 aromatic carbocycles. The van der Waals surface area contributed by atoms with E-state index in [1.54, 1.807) is 0 Å². The number of hydrogen-bond acceptors (Lipinski definition) is 2. The number of carbonyl (C=O) groups is 1. The van der Waals surface area contributed by atoms with E-state index >= 15 is 0 Å². The fourth-order valence-corrected chi connectivity index (χ4v) is 2.90. The van der Waals surface area contributed by atoms with Crippen LogP contribution in [0.25, 0.3) is 0 Å². The highest BCUT2D eigenvalue weighted by atomic mass is 16.6. The van der Waals surface area contributed by atoms with Gasteiger partial charge < -0.3 is 4.74 Å². The SMILES string of the molecule is CC12C=C1N(C(=O)OC1CCCCC1)CC2. The van der Waals surface area contributed by atoms with Gasteiger partial charge in [0.2, 0.25) is 0 Å². The van der Waals surface area contributed by atoms with Gasteiger partial charge in [-0.3, -0.25) is 4.90 Å². The van der Waals surface area contributed by atoms with Gasteiger partial charge in [0.25, 0.3) is 0 Å². The van der Waals surface area contributed by atoms with Crippen molar-refractivity contribution in [3.63, 3.8) is 0 Å². The van der Waals surface area contributed by atoms with Crippen molar-refractivity contribution in [1.29, 1.82) is 0 Å². The molecule has 0 spiro atoms. The maximum Gasteiger partial charge on any atom is 0.414 e. The zero-order chi connectivity index (χ0) is 11.2. The maximum absolute atomic E-state index is 12.0. The molecule has 1 heterocycles. The van der Waals surface area contributed by atoms with Crippen molar-refractivity contribution in [3.05, 3.63) is 11.8 Å². The molecule has 0 N–H and O–H groups in total. The lowest BCUT2D eigenvalue weighted by Gasteiger charge is -2.24. The Balaban J connectivity index is 1.55. The van der Waals surface area contributed by atoms with E-state index in [4.69, 9.17) is 4.74 Å². The summed E-state index contributed by atoms with van der Waals surface area (Å²) in [7, 11) is 0. The summed E-state index contributed by atoms with van der Waals surface area (Å²) < 4.78 is 5.56. The Hall–Kier alpha value is -0.990. The molecule has 0 radical (unpaired) electrons. The van der Waals surface area contributed by atoms with Crippen LogP contribution in [-0.2, 0) is 4.74 Å². The summed E-state index contributed by atoms with van der Waals surface area (Å²) in [4.78, 5) is 13.8. The van der Waals surface area contributed by atoms with Gasteiger partial charge in [0.15, 0.2) is 0 Å². The van der Waals surface area contributed by atoms with Gasteiger partial charge in [-0.2, -0.15) is 0 Å². The van der Waals surface area contributed by atoms with Crippen LogP contribution in [0.15, 0.2) is 11.8 Å². The molecule has 3 rings (SSSR count). The van der Waals surface area contributed by atoms with Gasteiger partial charge >= 0.3 is 6.09 Å². The first-order valence-electron chi connectivity index (χ1n) is 6.40. The highest BCUT2D eigenvalue weighted by Crippen LogP contribution is 2.53. The molecule has 3 heteroatoms. The van der Waals surface area contributed by atoms with Gasteiger partial charge in [-0.15, -0.1) is 0 Å². The first-order valence-corrected chi connectivity index (χ1v) is 6.40. The molecular weight excluding hydrogens is 202 g/mol. The minimum atomic E-state index is -0.112. The monoisotopic (exact) mass is 221 g/mol. The molecule has 2 aliphatic carbocycles. The van der Waals surface area contributed by atoms with Crippen molar-refractivity contribution < 1.29 is 9.53 Å². The van der Waals surface area contributed by atoms with Crippen molar-refractivity contribution in [2.45, 2.75) is 51.6 Å². The van der Waals surface area contributed by atoms with Gasteiger partial charge in [-0.05, 0) is 32.1 Å². The summed E-state index contributed by atoms with van der Waals surface area (Å²) in [6.07, 6.45) is 9.12. The fourth-order valence-electron chi connectivity index (χ4n) is 2.90. The lowest BCUT2D eigenvalue weighted by Crippen LogP contribution is -2.31. The number of allylic oxidation sites excluding steroid dienone is 2. The van der Waals surface area contributed by atoms with Crippen LogP contribution in [0.1, 0.15) is 45.4 Å². The van der Waals surface area contributed by atoms with Crippen molar-refractivity contribution in [3.8, 4) is 0 Å². The summed E-state index contributed by atoms with van der Waals surface area (Å²) >= 11 is 0. The number of rotatable bonds is 1. The minimum Gasteiger partial charge on any atom is -0.446 e. The van der Waals surface area contributed by atoms with E-state index in [1.165, 1.54) is 25.0 Å². The second-order valence-corrected chi connectivity index (χ2v) is 5.49. The van der Waals surface area contributed by atoms with Crippen LogP contribution in [0, 0.1) is 5.41 Å². The molecule has 0 aromatic heterocycles. The normalized spacial score (nSPS) is 33.3. The average Bonchev–Trinajstić information content (AvgIpc) is 2.83. The van der Waals surface area contributed by atoms with Gasteiger partial charge in [0.05, 0.1) is 0 Å². The summed E-state index contributed by atoms with van der Waals surface area (Å²) in [5.41, 5.74) is 1.42. The molecule has 16 heavy (non-hydrogen) atoms. The summed E-state index contributed by atoms with van der Waals surface area (Å²) in [5, 5.41) is 0. The molecule has 0 aromatic rings. The molecule has 3 aliphatic rings. The lowest BCUT2D eigenvalue weighted by molar-refractivity contribution is 0.0559. The van der Waals surface area contributed by atoms with E-state index in [1.807, 2.05) is 4.90 Å². The molecule has 1 saturated carbocycles. The average molecular weight is 221 g/mol. The molecular formula is C13H19NO2. The second kappa shape index (κ2) is 3.51. The van der Waals surface area contributed by atoms with Crippen LogP contribution >= 0.6 is 0 Å². The zero-order valence-corrected chi connectivity index (χ0v) is 9.87. The van der Waals surface area contributed by atoms with Crippen LogP contribution in [0.4, 0.5) is 4.79 Å². The number of ether oxygens (including phenoxy) is 1. The van der Waals surface area contributed by atoms with Crippen LogP contribution in [0.3, 0.4) is 0 Å². The van der Waals surface area contributed by atoms with Crippen molar-refractivity contribution in [2.24, 2.45) is 5.41 Å². The summed E-state index contributed by atoms with van der Waals surface area (Å²) in [6, 6.07) is 0. The maximum atomic E-state index is 12.0. The van der Waals surface area contributed by atoms with E-state index in [2.05, 4.69) is 13.0 Å².